The van der Waals surface area contributed by atoms with E-state index >= 15 is 0 Å². The lowest BCUT2D eigenvalue weighted by Crippen LogP contribution is -2.51. The highest BCUT2D eigenvalue weighted by atomic mass is 16.7. The van der Waals surface area contributed by atoms with Gasteiger partial charge in [0.2, 0.25) is 11.9 Å². The number of hydrogen-bond acceptors (Lipinski definition) is 8. The summed E-state index contributed by atoms with van der Waals surface area (Å²) in [6.07, 6.45) is 2.83. The van der Waals surface area contributed by atoms with Crippen LogP contribution >= 0.6 is 0 Å². The van der Waals surface area contributed by atoms with Crippen molar-refractivity contribution in [2.24, 2.45) is 5.92 Å². The van der Waals surface area contributed by atoms with Crippen LogP contribution in [0.1, 0.15) is 48.5 Å². The van der Waals surface area contributed by atoms with Crippen LogP contribution in [0.2, 0.25) is 0 Å². The molecule has 6 rings (SSSR count). The van der Waals surface area contributed by atoms with Crippen LogP contribution in [0.5, 0.6) is 0 Å². The number of aliphatic hydroxyl groups excluding tert-OH is 1. The van der Waals surface area contributed by atoms with Crippen LogP contribution in [-0.2, 0) is 27.4 Å². The number of amides is 1. The molecule has 3 aromatic carbocycles. The maximum Gasteiger partial charge on any atom is 0.225 e. The van der Waals surface area contributed by atoms with Crippen molar-refractivity contribution in [1.82, 2.24) is 20.2 Å². The molecule has 0 radical (unpaired) electrons. The van der Waals surface area contributed by atoms with Crippen molar-refractivity contribution in [2.45, 2.75) is 45.5 Å². The zero-order chi connectivity index (χ0) is 31.2. The summed E-state index contributed by atoms with van der Waals surface area (Å²) >= 11 is 0. The average molecular weight is 608 g/mol. The molecule has 3 heterocycles. The first-order chi connectivity index (χ1) is 22.0. The summed E-state index contributed by atoms with van der Waals surface area (Å²) in [5.41, 5.74) is 6.12. The Morgan fingerprint density at radius 3 is 2.27 bits per heavy atom. The second kappa shape index (κ2) is 14.3. The van der Waals surface area contributed by atoms with Gasteiger partial charge in [0.05, 0.1) is 18.8 Å². The number of rotatable bonds is 9. The van der Waals surface area contributed by atoms with Gasteiger partial charge < -0.3 is 24.8 Å². The van der Waals surface area contributed by atoms with E-state index in [4.69, 9.17) is 9.47 Å². The Hall–Kier alpha value is -4.15. The molecule has 9 nitrogen and oxygen atoms in total. The zero-order valence-corrected chi connectivity index (χ0v) is 25.9. The molecule has 9 heteroatoms. The second-order valence-corrected chi connectivity index (χ2v) is 11.8. The van der Waals surface area contributed by atoms with E-state index in [0.717, 1.165) is 72.1 Å². The molecule has 0 aliphatic carbocycles. The third-order valence-electron chi connectivity index (χ3n) is 8.81. The lowest BCUT2D eigenvalue weighted by atomic mass is 9.89. The molecule has 45 heavy (non-hydrogen) atoms. The fourth-order valence-electron chi connectivity index (χ4n) is 6.16. The third-order valence-corrected chi connectivity index (χ3v) is 8.81. The number of carbonyl (C=O) groups is 1. The van der Waals surface area contributed by atoms with Crippen molar-refractivity contribution in [1.29, 1.82) is 0 Å². The number of aliphatic hydroxyl groups is 1. The van der Waals surface area contributed by atoms with Gasteiger partial charge in [-0.25, -0.2) is 9.97 Å². The van der Waals surface area contributed by atoms with Crippen molar-refractivity contribution in [3.05, 3.63) is 114 Å². The Labute approximate surface area is 264 Å². The van der Waals surface area contributed by atoms with Crippen LogP contribution in [0.15, 0.2) is 91.3 Å². The summed E-state index contributed by atoms with van der Waals surface area (Å²) in [5.74, 6) is 0.834. The average Bonchev–Trinajstić information content (AvgIpc) is 3.09. The number of benzene rings is 3. The van der Waals surface area contributed by atoms with E-state index in [9.17, 15) is 9.90 Å². The Morgan fingerprint density at radius 2 is 1.58 bits per heavy atom. The molecular formula is C36H41N5O4. The number of nitrogens with one attached hydrogen (secondary N) is 1. The van der Waals surface area contributed by atoms with E-state index in [2.05, 4.69) is 74.5 Å². The highest BCUT2D eigenvalue weighted by molar-refractivity contribution is 5.74. The molecule has 0 spiro atoms. The van der Waals surface area contributed by atoms with Gasteiger partial charge in [-0.1, -0.05) is 79.7 Å². The number of carbonyl (C=O) groups excluding carboxylic acids is 1. The number of nitrogens with zero attached hydrogens (tertiary/aromatic N) is 4. The van der Waals surface area contributed by atoms with Gasteiger partial charge in [-0.3, -0.25) is 9.69 Å². The number of piperazine rings is 1. The standard InChI is InChI=1S/C36H41N5O4/c1-25-33(23-40-18-20-41(21-19-40)36-37-16-5-17-38-36)44-35(45-34(25)29-10-8-27(24-42)9-11-29)30-14-12-28(13-15-30)32-7-4-3-6-31(32)22-39-26(2)43/h3-17,25,33-35,42H,18-24H2,1-2H3,(H,39,43). The van der Waals surface area contributed by atoms with Crippen LogP contribution < -0.4 is 10.2 Å². The van der Waals surface area contributed by atoms with Gasteiger partial charge in [-0.15, -0.1) is 0 Å². The van der Waals surface area contributed by atoms with Crippen molar-refractivity contribution in [2.75, 3.05) is 37.6 Å². The number of ether oxygens (including phenoxy) is 2. The normalized spacial score (nSPS) is 22.2. The summed E-state index contributed by atoms with van der Waals surface area (Å²) in [5, 5.41) is 12.5. The second-order valence-electron chi connectivity index (χ2n) is 11.8. The highest BCUT2D eigenvalue weighted by Gasteiger charge is 2.39. The SMILES string of the molecule is CC(=O)NCc1ccccc1-c1ccc(C2OC(CN3CCN(c4ncccn4)CC3)C(C)C(c3ccc(CO)cc3)O2)cc1. The van der Waals surface area contributed by atoms with Crippen LogP contribution in [0.3, 0.4) is 0 Å². The number of anilines is 1. The summed E-state index contributed by atoms with van der Waals surface area (Å²) in [7, 11) is 0. The zero-order valence-electron chi connectivity index (χ0n) is 25.9. The van der Waals surface area contributed by atoms with Crippen molar-refractivity contribution in [3.8, 4) is 11.1 Å². The lowest BCUT2D eigenvalue weighted by Gasteiger charge is -2.44. The van der Waals surface area contributed by atoms with E-state index in [0.29, 0.717) is 6.54 Å². The van der Waals surface area contributed by atoms with Gasteiger partial charge in [-0.2, -0.15) is 0 Å². The quantitative estimate of drug-likeness (QED) is 0.278. The van der Waals surface area contributed by atoms with Crippen LogP contribution in [0.4, 0.5) is 5.95 Å². The highest BCUT2D eigenvalue weighted by Crippen LogP contribution is 2.42. The molecule has 4 aromatic rings. The van der Waals surface area contributed by atoms with Crippen molar-refractivity contribution >= 4 is 11.9 Å². The number of aromatic nitrogens is 2. The maximum absolute atomic E-state index is 11.5. The Balaban J connectivity index is 1.20. The van der Waals surface area contributed by atoms with Gasteiger partial charge in [0.1, 0.15) is 0 Å². The molecule has 4 atom stereocenters. The molecule has 1 amide bonds. The van der Waals surface area contributed by atoms with Gasteiger partial charge in [0, 0.05) is 70.1 Å². The summed E-state index contributed by atoms with van der Waals surface area (Å²) in [6.45, 7) is 8.55. The van der Waals surface area contributed by atoms with E-state index in [1.807, 2.05) is 36.4 Å². The summed E-state index contributed by atoms with van der Waals surface area (Å²) < 4.78 is 13.4. The summed E-state index contributed by atoms with van der Waals surface area (Å²) in [4.78, 5) is 25.1. The van der Waals surface area contributed by atoms with Gasteiger partial charge in [-0.05, 0) is 33.9 Å². The van der Waals surface area contributed by atoms with Crippen LogP contribution in [0.25, 0.3) is 11.1 Å². The van der Waals surface area contributed by atoms with Crippen LogP contribution in [-0.4, -0.2) is 64.7 Å². The molecule has 0 bridgehead atoms. The minimum atomic E-state index is -0.531. The van der Waals surface area contributed by atoms with E-state index in [1.165, 1.54) is 6.92 Å². The molecule has 2 saturated heterocycles. The van der Waals surface area contributed by atoms with Crippen molar-refractivity contribution in [3.63, 3.8) is 0 Å². The third kappa shape index (κ3) is 7.40. The Morgan fingerprint density at radius 1 is 0.889 bits per heavy atom. The molecule has 2 fully saturated rings. The largest absolute Gasteiger partial charge is 0.392 e. The fourth-order valence-corrected chi connectivity index (χ4v) is 6.16. The van der Waals surface area contributed by atoms with Gasteiger partial charge >= 0.3 is 0 Å². The Bertz CT molecular complexity index is 1540. The smallest absolute Gasteiger partial charge is 0.225 e. The predicted octanol–water partition coefficient (Wildman–Crippen LogP) is 4.89. The molecule has 234 valence electrons. The molecular weight excluding hydrogens is 566 g/mol. The Kier molecular flexibility index (Phi) is 9.81. The fraction of sp³-hybridized carbons (Fsp3) is 0.361. The first-order valence-electron chi connectivity index (χ1n) is 15.7. The maximum atomic E-state index is 11.5. The topological polar surface area (TPSA) is 100 Å². The predicted molar refractivity (Wildman–Crippen MR) is 173 cm³/mol. The van der Waals surface area contributed by atoms with E-state index < -0.39 is 6.29 Å². The molecule has 2 N–H and O–H groups in total. The van der Waals surface area contributed by atoms with Crippen LogP contribution in [0, 0.1) is 5.92 Å². The summed E-state index contributed by atoms with van der Waals surface area (Å²) in [6, 6.07) is 26.3. The minimum absolute atomic E-state index is 0.00993. The monoisotopic (exact) mass is 607 g/mol. The van der Waals surface area contributed by atoms with Gasteiger partial charge in [0.25, 0.3) is 0 Å². The first-order valence-corrected chi connectivity index (χ1v) is 15.7. The van der Waals surface area contributed by atoms with E-state index in [-0.39, 0.29) is 30.6 Å². The lowest BCUT2D eigenvalue weighted by molar-refractivity contribution is -0.276. The molecule has 2 aliphatic heterocycles. The number of hydrogen-bond donors (Lipinski definition) is 2. The van der Waals surface area contributed by atoms with E-state index in [1.54, 1.807) is 12.4 Å². The molecule has 1 aromatic heterocycles. The molecule has 2 aliphatic rings. The first kappa shape index (κ1) is 30.9. The molecule has 0 saturated carbocycles. The van der Waals surface area contributed by atoms with Crippen molar-refractivity contribution < 1.29 is 19.4 Å². The minimum Gasteiger partial charge on any atom is -0.392 e. The van der Waals surface area contributed by atoms with Gasteiger partial charge in [0.15, 0.2) is 6.29 Å². The molecule has 4 unspecified atom stereocenters.